The fourth-order valence-electron chi connectivity index (χ4n) is 1.65. The van der Waals surface area contributed by atoms with Gasteiger partial charge in [-0.15, -0.1) is 0 Å². The van der Waals surface area contributed by atoms with Gasteiger partial charge in [-0.05, 0) is 30.5 Å². The van der Waals surface area contributed by atoms with Gasteiger partial charge in [-0.3, -0.25) is 0 Å². The molecule has 0 saturated carbocycles. The molecule has 0 atom stereocenters. The van der Waals surface area contributed by atoms with E-state index in [-0.39, 0.29) is 24.2 Å². The number of carbonyl (C=O) groups excluding carboxylic acids is 2. The van der Waals surface area contributed by atoms with Gasteiger partial charge >= 0.3 is 0 Å². The van der Waals surface area contributed by atoms with Gasteiger partial charge in [0, 0.05) is 5.56 Å². The molecule has 6 heteroatoms. The van der Waals surface area contributed by atoms with Crippen LogP contribution in [0.4, 0.5) is 8.78 Å². The number of nitrogens with zero attached hydrogens (tertiary/aromatic N) is 2. The lowest BCUT2D eigenvalue weighted by Gasteiger charge is -2.13. The highest BCUT2D eigenvalue weighted by atomic mass is 19.2. The average molecular weight is 252 g/mol. The van der Waals surface area contributed by atoms with Gasteiger partial charge in [0.05, 0.1) is 13.1 Å². The number of rotatable bonds is 4. The molecule has 94 valence electrons. The van der Waals surface area contributed by atoms with Crippen LogP contribution in [0.3, 0.4) is 0 Å². The van der Waals surface area contributed by atoms with Gasteiger partial charge in [0.1, 0.15) is 0 Å². The quantitative estimate of drug-likeness (QED) is 0.609. The van der Waals surface area contributed by atoms with E-state index in [0.29, 0.717) is 11.1 Å². The second-order valence-corrected chi connectivity index (χ2v) is 3.65. The molecule has 1 aromatic carbocycles. The van der Waals surface area contributed by atoms with Crippen molar-refractivity contribution in [1.29, 1.82) is 0 Å². The molecule has 0 bridgehead atoms. The first-order chi connectivity index (χ1) is 8.54. The molecule has 0 aliphatic rings. The molecule has 1 aromatic rings. The smallest absolute Gasteiger partial charge is 0.211 e. The van der Waals surface area contributed by atoms with Crippen LogP contribution in [0.2, 0.25) is 0 Å². The molecular weight excluding hydrogens is 242 g/mol. The van der Waals surface area contributed by atoms with Crippen LogP contribution in [0.25, 0.3) is 0 Å². The van der Waals surface area contributed by atoms with Crippen molar-refractivity contribution in [1.82, 2.24) is 0 Å². The highest BCUT2D eigenvalue weighted by Gasteiger charge is 2.19. The second-order valence-electron chi connectivity index (χ2n) is 3.65. The zero-order chi connectivity index (χ0) is 13.7. The molecule has 0 saturated heterocycles. The summed E-state index contributed by atoms with van der Waals surface area (Å²) in [5.41, 5.74) is 0.873. The van der Waals surface area contributed by atoms with Gasteiger partial charge in [-0.25, -0.2) is 28.4 Å². The van der Waals surface area contributed by atoms with Gasteiger partial charge in [0.25, 0.3) is 0 Å². The zero-order valence-corrected chi connectivity index (χ0v) is 9.88. The predicted molar refractivity (Wildman–Crippen MR) is 59.5 cm³/mol. The largest absolute Gasteiger partial charge is 0.235 e. The molecule has 0 heterocycles. The molecule has 0 N–H and O–H groups in total. The summed E-state index contributed by atoms with van der Waals surface area (Å²) in [5, 5.41) is 0. The molecule has 0 amide bonds. The zero-order valence-electron chi connectivity index (χ0n) is 9.88. The van der Waals surface area contributed by atoms with Crippen LogP contribution in [-0.4, -0.2) is 12.2 Å². The number of isocyanates is 2. The maximum absolute atomic E-state index is 13.7. The Morgan fingerprint density at radius 3 is 1.89 bits per heavy atom. The van der Waals surface area contributed by atoms with Crippen LogP contribution in [0.1, 0.15) is 22.3 Å². The Labute approximate surface area is 102 Å². The van der Waals surface area contributed by atoms with E-state index in [1.54, 1.807) is 6.92 Å². The molecule has 0 spiro atoms. The van der Waals surface area contributed by atoms with Crippen molar-refractivity contribution < 1.29 is 18.4 Å². The first-order valence-electron chi connectivity index (χ1n) is 5.07. The highest BCUT2D eigenvalue weighted by molar-refractivity contribution is 5.44. The maximum atomic E-state index is 13.7. The third kappa shape index (κ3) is 2.56. The van der Waals surface area contributed by atoms with Crippen molar-refractivity contribution in [3.05, 3.63) is 33.9 Å². The molecule has 0 aromatic heterocycles. The van der Waals surface area contributed by atoms with Gasteiger partial charge < -0.3 is 0 Å². The van der Waals surface area contributed by atoms with Crippen LogP contribution < -0.4 is 0 Å². The van der Waals surface area contributed by atoms with Crippen LogP contribution in [0.5, 0.6) is 0 Å². The minimum Gasteiger partial charge on any atom is -0.211 e. The van der Waals surface area contributed by atoms with E-state index in [4.69, 9.17) is 0 Å². The monoisotopic (exact) mass is 252 g/mol. The normalized spacial score (nSPS) is 9.56. The second kappa shape index (κ2) is 5.96. The third-order valence-electron chi connectivity index (χ3n) is 2.77. The van der Waals surface area contributed by atoms with Crippen molar-refractivity contribution in [2.24, 2.45) is 9.98 Å². The van der Waals surface area contributed by atoms with Gasteiger partial charge in [-0.1, -0.05) is 0 Å². The lowest BCUT2D eigenvalue weighted by Crippen LogP contribution is -2.06. The summed E-state index contributed by atoms with van der Waals surface area (Å²) in [7, 11) is 0. The van der Waals surface area contributed by atoms with Crippen molar-refractivity contribution in [3.63, 3.8) is 0 Å². The minimum absolute atomic E-state index is 0.0852. The highest BCUT2D eigenvalue weighted by Crippen LogP contribution is 2.26. The lowest BCUT2D eigenvalue weighted by molar-refractivity contribution is 0.489. The van der Waals surface area contributed by atoms with E-state index in [1.165, 1.54) is 19.1 Å². The van der Waals surface area contributed by atoms with Crippen molar-refractivity contribution in [2.75, 3.05) is 0 Å². The van der Waals surface area contributed by atoms with Gasteiger partial charge in [-0.2, -0.15) is 0 Å². The Bertz CT molecular complexity index is 521. The molecule has 0 aliphatic carbocycles. The summed E-state index contributed by atoms with van der Waals surface area (Å²) in [6.45, 7) is 2.55. The predicted octanol–water partition coefficient (Wildman–Crippen LogP) is 2.25. The summed E-state index contributed by atoms with van der Waals surface area (Å²) in [6, 6.07) is 0. The van der Waals surface area contributed by atoms with Crippen molar-refractivity contribution in [3.8, 4) is 0 Å². The number of benzene rings is 1. The van der Waals surface area contributed by atoms with Crippen molar-refractivity contribution in [2.45, 2.75) is 26.9 Å². The third-order valence-corrected chi connectivity index (χ3v) is 2.77. The van der Waals surface area contributed by atoms with Gasteiger partial charge in [0.15, 0.2) is 11.6 Å². The van der Waals surface area contributed by atoms with E-state index >= 15 is 0 Å². The lowest BCUT2D eigenvalue weighted by atomic mass is 9.96. The van der Waals surface area contributed by atoms with Crippen molar-refractivity contribution >= 4 is 12.2 Å². The molecule has 0 radical (unpaired) electrons. The molecule has 0 unspecified atom stereocenters. The SMILES string of the molecule is Cc1c(C)c(CN=C=O)c(CN=C=O)c(F)c1F. The van der Waals surface area contributed by atoms with E-state index in [9.17, 15) is 18.4 Å². The topological polar surface area (TPSA) is 58.9 Å². The van der Waals surface area contributed by atoms with E-state index < -0.39 is 11.6 Å². The molecule has 18 heavy (non-hydrogen) atoms. The van der Waals surface area contributed by atoms with Crippen LogP contribution in [-0.2, 0) is 22.7 Å². The van der Waals surface area contributed by atoms with E-state index in [0.717, 1.165) is 0 Å². The van der Waals surface area contributed by atoms with Crippen LogP contribution in [0, 0.1) is 25.5 Å². The Morgan fingerprint density at radius 2 is 1.39 bits per heavy atom. The van der Waals surface area contributed by atoms with E-state index in [1.807, 2.05) is 0 Å². The van der Waals surface area contributed by atoms with Crippen LogP contribution in [0.15, 0.2) is 9.98 Å². The molecular formula is C12H10F2N2O2. The summed E-state index contributed by atoms with van der Waals surface area (Å²) in [6.07, 6.45) is 2.59. The number of hydrogen-bond donors (Lipinski definition) is 0. The number of halogens is 2. The first kappa shape index (κ1) is 13.9. The van der Waals surface area contributed by atoms with Crippen LogP contribution >= 0.6 is 0 Å². The maximum Gasteiger partial charge on any atom is 0.235 e. The van der Waals surface area contributed by atoms with E-state index in [2.05, 4.69) is 9.98 Å². The molecule has 0 fully saturated rings. The Morgan fingerprint density at radius 1 is 0.889 bits per heavy atom. The minimum atomic E-state index is -1.08. The summed E-state index contributed by atoms with van der Waals surface area (Å²) in [5.74, 6) is -2.06. The summed E-state index contributed by atoms with van der Waals surface area (Å²) < 4.78 is 27.3. The molecule has 4 nitrogen and oxygen atoms in total. The number of aliphatic imine (C=N–C) groups is 2. The Hall–Kier alpha value is -2.16. The molecule has 0 aliphatic heterocycles. The Balaban J connectivity index is 3.51. The summed E-state index contributed by atoms with van der Waals surface area (Å²) in [4.78, 5) is 26.7. The fourth-order valence-corrected chi connectivity index (χ4v) is 1.65. The van der Waals surface area contributed by atoms with Gasteiger partial charge in [0.2, 0.25) is 12.2 Å². The fraction of sp³-hybridized carbons (Fsp3) is 0.333. The first-order valence-corrected chi connectivity index (χ1v) is 5.07. The Kier molecular flexibility index (Phi) is 4.60. The standard InChI is InChI=1S/C12H10F2N2O2/c1-7-8(2)11(13)12(14)10(4-16-6-18)9(7)3-15-5-17/h3-4H2,1-2H3. The molecule has 1 rings (SSSR count). The summed E-state index contributed by atoms with van der Waals surface area (Å²) >= 11 is 0. The average Bonchev–Trinajstić information content (AvgIpc) is 2.38. The number of hydrogen-bond acceptors (Lipinski definition) is 4.